The van der Waals surface area contributed by atoms with Gasteiger partial charge >= 0.3 is 0 Å². The Hall–Kier alpha value is -1.39. The molecule has 0 aliphatic heterocycles. The zero-order valence-electron chi connectivity index (χ0n) is 12.0. The van der Waals surface area contributed by atoms with Gasteiger partial charge in [0, 0.05) is 16.7 Å². The van der Waals surface area contributed by atoms with Crippen LogP contribution >= 0.6 is 11.8 Å². The van der Waals surface area contributed by atoms with Gasteiger partial charge in [-0.2, -0.15) is 0 Å². The van der Waals surface area contributed by atoms with Crippen molar-refractivity contribution in [1.29, 1.82) is 0 Å². The van der Waals surface area contributed by atoms with E-state index >= 15 is 0 Å². The summed E-state index contributed by atoms with van der Waals surface area (Å²) in [7, 11) is 0. The summed E-state index contributed by atoms with van der Waals surface area (Å²) in [6.45, 7) is 3.05. The lowest BCUT2D eigenvalue weighted by Gasteiger charge is -2.18. The van der Waals surface area contributed by atoms with Crippen LogP contribution in [0.1, 0.15) is 24.9 Å². The molecule has 0 saturated carbocycles. The van der Waals surface area contributed by atoms with E-state index in [0.717, 1.165) is 23.6 Å². The number of rotatable bonds is 7. The zero-order valence-corrected chi connectivity index (χ0v) is 12.8. The van der Waals surface area contributed by atoms with Crippen LogP contribution in [0.15, 0.2) is 53.4 Å². The van der Waals surface area contributed by atoms with E-state index in [9.17, 15) is 8.78 Å². The minimum atomic E-state index is -0.803. The molecule has 0 fully saturated rings. The Balaban J connectivity index is 2.03. The molecule has 2 aromatic rings. The van der Waals surface area contributed by atoms with Gasteiger partial charge in [0.1, 0.15) is 0 Å². The summed E-state index contributed by atoms with van der Waals surface area (Å²) in [6.07, 6.45) is 1.05. The minimum Gasteiger partial charge on any atom is -0.309 e. The van der Waals surface area contributed by atoms with Crippen molar-refractivity contribution in [3.8, 4) is 0 Å². The number of thioether (sulfide) groups is 1. The summed E-state index contributed by atoms with van der Waals surface area (Å²) in [5, 5.41) is 3.49. The minimum absolute atomic E-state index is 0.198. The maximum Gasteiger partial charge on any atom is 0.159 e. The van der Waals surface area contributed by atoms with E-state index < -0.39 is 11.6 Å². The third-order valence-corrected chi connectivity index (χ3v) is 4.24. The molecule has 0 aromatic heterocycles. The van der Waals surface area contributed by atoms with Crippen molar-refractivity contribution in [3.05, 3.63) is 65.7 Å². The summed E-state index contributed by atoms with van der Waals surface area (Å²) in [5.41, 5.74) is 1.21. The van der Waals surface area contributed by atoms with E-state index in [1.165, 1.54) is 29.5 Å². The highest BCUT2D eigenvalue weighted by Crippen LogP contribution is 2.26. The summed E-state index contributed by atoms with van der Waals surface area (Å²) in [5.74, 6) is -0.824. The maximum absolute atomic E-state index is 13.2. The number of benzene rings is 2. The quantitative estimate of drug-likeness (QED) is 0.738. The van der Waals surface area contributed by atoms with Crippen LogP contribution < -0.4 is 5.32 Å². The first-order chi connectivity index (χ1) is 10.2. The largest absolute Gasteiger partial charge is 0.309 e. The standard InChI is InChI=1S/C17H19F2NS/c1-2-10-20-17(13-6-4-3-5-7-13)12-21-14-8-9-15(18)16(19)11-14/h3-9,11,17,20H,2,10,12H2,1H3. The van der Waals surface area contributed by atoms with Crippen molar-refractivity contribution in [2.75, 3.05) is 12.3 Å². The van der Waals surface area contributed by atoms with Crippen LogP contribution in [0.2, 0.25) is 0 Å². The summed E-state index contributed by atoms with van der Waals surface area (Å²) >= 11 is 1.53. The molecule has 0 spiro atoms. The molecule has 0 saturated heterocycles. The second-order valence-electron chi connectivity index (χ2n) is 4.80. The molecule has 1 atom stereocenters. The van der Waals surface area contributed by atoms with Crippen LogP contribution in [0.4, 0.5) is 8.78 Å². The molecule has 2 aromatic carbocycles. The number of hydrogen-bond acceptors (Lipinski definition) is 2. The molecule has 1 N–H and O–H groups in total. The van der Waals surface area contributed by atoms with Gasteiger partial charge in [-0.15, -0.1) is 11.8 Å². The van der Waals surface area contributed by atoms with E-state index in [4.69, 9.17) is 0 Å². The van der Waals surface area contributed by atoms with Crippen molar-refractivity contribution in [2.45, 2.75) is 24.3 Å². The Morgan fingerprint density at radius 3 is 2.48 bits per heavy atom. The van der Waals surface area contributed by atoms with Crippen LogP contribution in [0, 0.1) is 11.6 Å². The summed E-state index contributed by atoms with van der Waals surface area (Å²) in [6, 6.07) is 14.4. The van der Waals surface area contributed by atoms with Crippen molar-refractivity contribution in [3.63, 3.8) is 0 Å². The molecule has 1 unspecified atom stereocenters. The van der Waals surface area contributed by atoms with Crippen LogP contribution in [-0.4, -0.2) is 12.3 Å². The fraction of sp³-hybridized carbons (Fsp3) is 0.294. The van der Waals surface area contributed by atoms with Crippen molar-refractivity contribution >= 4 is 11.8 Å². The highest BCUT2D eigenvalue weighted by molar-refractivity contribution is 7.99. The normalized spacial score (nSPS) is 12.3. The van der Waals surface area contributed by atoms with E-state index in [1.807, 2.05) is 18.2 Å². The molecule has 4 heteroatoms. The molecule has 1 nitrogen and oxygen atoms in total. The first kappa shape index (κ1) is 16.0. The first-order valence-electron chi connectivity index (χ1n) is 7.07. The maximum atomic E-state index is 13.2. The summed E-state index contributed by atoms with van der Waals surface area (Å²) < 4.78 is 26.2. The Morgan fingerprint density at radius 2 is 1.81 bits per heavy atom. The van der Waals surface area contributed by atoms with Gasteiger partial charge in [-0.05, 0) is 36.7 Å². The second-order valence-corrected chi connectivity index (χ2v) is 5.90. The van der Waals surface area contributed by atoms with Crippen molar-refractivity contribution in [1.82, 2.24) is 5.32 Å². The van der Waals surface area contributed by atoms with Gasteiger partial charge in [0.15, 0.2) is 11.6 Å². The highest BCUT2D eigenvalue weighted by Gasteiger charge is 2.11. The molecule has 0 aliphatic carbocycles. The zero-order chi connectivity index (χ0) is 15.1. The smallest absolute Gasteiger partial charge is 0.159 e. The first-order valence-corrected chi connectivity index (χ1v) is 8.05. The number of nitrogens with one attached hydrogen (secondary N) is 1. The van der Waals surface area contributed by atoms with Gasteiger partial charge in [0.25, 0.3) is 0 Å². The molecule has 21 heavy (non-hydrogen) atoms. The van der Waals surface area contributed by atoms with Gasteiger partial charge in [-0.1, -0.05) is 37.3 Å². The van der Waals surface area contributed by atoms with Crippen LogP contribution in [0.5, 0.6) is 0 Å². The molecule has 112 valence electrons. The van der Waals surface area contributed by atoms with E-state index in [1.54, 1.807) is 6.07 Å². The monoisotopic (exact) mass is 307 g/mol. The van der Waals surface area contributed by atoms with E-state index in [-0.39, 0.29) is 6.04 Å². The van der Waals surface area contributed by atoms with Crippen LogP contribution in [0.3, 0.4) is 0 Å². The SMILES string of the molecule is CCCNC(CSc1ccc(F)c(F)c1)c1ccccc1. The van der Waals surface area contributed by atoms with Crippen molar-refractivity contribution in [2.24, 2.45) is 0 Å². The molecule has 0 amide bonds. The molecular formula is C17H19F2NS. The van der Waals surface area contributed by atoms with E-state index in [0.29, 0.717) is 0 Å². The molecule has 2 rings (SSSR count). The lowest BCUT2D eigenvalue weighted by atomic mass is 10.1. The number of halogens is 2. The van der Waals surface area contributed by atoms with Gasteiger partial charge in [0.05, 0.1) is 0 Å². The Kier molecular flexibility index (Phi) is 6.21. The van der Waals surface area contributed by atoms with E-state index in [2.05, 4.69) is 24.4 Å². The average molecular weight is 307 g/mol. The van der Waals surface area contributed by atoms with Crippen LogP contribution in [-0.2, 0) is 0 Å². The third kappa shape index (κ3) is 4.83. The highest BCUT2D eigenvalue weighted by atomic mass is 32.2. The average Bonchev–Trinajstić information content (AvgIpc) is 2.51. The fourth-order valence-corrected chi connectivity index (χ4v) is 3.04. The number of hydrogen-bond donors (Lipinski definition) is 1. The Labute approximate surface area is 128 Å². The summed E-state index contributed by atoms with van der Waals surface area (Å²) in [4.78, 5) is 0.744. The molecule has 0 bridgehead atoms. The molecular weight excluding hydrogens is 288 g/mol. The third-order valence-electron chi connectivity index (χ3n) is 3.15. The predicted octanol–water partition coefficient (Wildman–Crippen LogP) is 4.80. The lowest BCUT2D eigenvalue weighted by molar-refractivity contribution is 0.506. The fourth-order valence-electron chi connectivity index (χ4n) is 2.02. The molecule has 0 radical (unpaired) electrons. The van der Waals surface area contributed by atoms with Crippen LogP contribution in [0.25, 0.3) is 0 Å². The predicted molar refractivity (Wildman–Crippen MR) is 84.6 cm³/mol. The molecule has 0 aliphatic rings. The van der Waals surface area contributed by atoms with Gasteiger partial charge in [-0.25, -0.2) is 8.78 Å². The van der Waals surface area contributed by atoms with Gasteiger partial charge in [0.2, 0.25) is 0 Å². The Bertz CT molecular complexity index is 560. The molecule has 0 heterocycles. The van der Waals surface area contributed by atoms with Crippen molar-refractivity contribution < 1.29 is 8.78 Å². The lowest BCUT2D eigenvalue weighted by Crippen LogP contribution is -2.24. The van der Waals surface area contributed by atoms with Gasteiger partial charge in [-0.3, -0.25) is 0 Å². The Morgan fingerprint density at radius 1 is 1.05 bits per heavy atom. The second kappa shape index (κ2) is 8.15. The topological polar surface area (TPSA) is 12.0 Å². The van der Waals surface area contributed by atoms with Gasteiger partial charge < -0.3 is 5.32 Å².